The number of hydrogen-bond acceptors (Lipinski definition) is 1. The van der Waals surface area contributed by atoms with Crippen molar-refractivity contribution in [2.75, 3.05) is 0 Å². The van der Waals surface area contributed by atoms with Crippen molar-refractivity contribution in [1.29, 1.82) is 0 Å². The first-order valence-electron chi connectivity index (χ1n) is 7.10. The van der Waals surface area contributed by atoms with Crippen molar-refractivity contribution in [3.05, 3.63) is 66.7 Å². The van der Waals surface area contributed by atoms with E-state index >= 15 is 0 Å². The summed E-state index contributed by atoms with van der Waals surface area (Å²) in [6.07, 6.45) is 0. The molecular weight excluding hydrogens is 256 g/mol. The molecule has 0 aromatic heterocycles. The van der Waals surface area contributed by atoms with Crippen molar-refractivity contribution in [3.63, 3.8) is 0 Å². The normalized spacial score (nSPS) is 12.0. The Morgan fingerprint density at radius 3 is 2.00 bits per heavy atom. The molecule has 98 valence electrons. The van der Waals surface area contributed by atoms with Crippen molar-refractivity contribution in [1.82, 2.24) is 0 Å². The predicted molar refractivity (Wildman–Crippen MR) is 89.3 cm³/mol. The molecule has 5 aromatic carbocycles. The number of phenols is 1. The lowest BCUT2D eigenvalue weighted by atomic mass is 9.91. The molecule has 0 aliphatic rings. The minimum atomic E-state index is 0.325. The molecule has 0 aliphatic carbocycles. The van der Waals surface area contributed by atoms with Gasteiger partial charge in [-0.25, -0.2) is 0 Å². The molecule has 0 spiro atoms. The van der Waals surface area contributed by atoms with Crippen LogP contribution in [0.15, 0.2) is 66.7 Å². The van der Waals surface area contributed by atoms with E-state index in [2.05, 4.69) is 54.6 Å². The van der Waals surface area contributed by atoms with E-state index in [0.29, 0.717) is 5.75 Å². The van der Waals surface area contributed by atoms with Gasteiger partial charge in [-0.2, -0.15) is 0 Å². The molecule has 0 saturated carbocycles. The van der Waals surface area contributed by atoms with Gasteiger partial charge in [0.1, 0.15) is 5.75 Å². The number of benzene rings is 5. The first kappa shape index (κ1) is 10.9. The summed E-state index contributed by atoms with van der Waals surface area (Å²) in [6.45, 7) is 0. The first-order chi connectivity index (χ1) is 10.3. The van der Waals surface area contributed by atoms with E-state index in [9.17, 15) is 5.11 Å². The Balaban J connectivity index is 2.19. The highest BCUT2D eigenvalue weighted by atomic mass is 16.3. The van der Waals surface area contributed by atoms with Crippen LogP contribution in [0, 0.1) is 0 Å². The van der Waals surface area contributed by atoms with Crippen LogP contribution in [0.3, 0.4) is 0 Å². The highest BCUT2D eigenvalue weighted by molar-refractivity contribution is 6.29. The maximum absolute atomic E-state index is 9.87. The molecule has 0 atom stereocenters. The second-order valence-electron chi connectivity index (χ2n) is 5.64. The van der Waals surface area contributed by atoms with Gasteiger partial charge in [-0.1, -0.05) is 48.5 Å². The molecule has 0 radical (unpaired) electrons. The lowest BCUT2D eigenvalue weighted by Crippen LogP contribution is -1.85. The Labute approximate surface area is 121 Å². The van der Waals surface area contributed by atoms with Gasteiger partial charge in [0.05, 0.1) is 0 Å². The molecule has 0 heterocycles. The summed E-state index contributed by atoms with van der Waals surface area (Å²) >= 11 is 0. The molecule has 0 bridgehead atoms. The average Bonchev–Trinajstić information content (AvgIpc) is 2.51. The van der Waals surface area contributed by atoms with Gasteiger partial charge >= 0.3 is 0 Å². The van der Waals surface area contributed by atoms with Gasteiger partial charge in [0.2, 0.25) is 0 Å². The van der Waals surface area contributed by atoms with Crippen molar-refractivity contribution in [3.8, 4) is 5.75 Å². The van der Waals surface area contributed by atoms with E-state index in [0.717, 1.165) is 10.8 Å². The van der Waals surface area contributed by atoms with Crippen molar-refractivity contribution in [2.24, 2.45) is 0 Å². The molecule has 0 amide bonds. The topological polar surface area (TPSA) is 20.2 Å². The van der Waals surface area contributed by atoms with Crippen LogP contribution in [-0.4, -0.2) is 5.11 Å². The Kier molecular flexibility index (Phi) is 1.90. The number of aromatic hydroxyl groups is 1. The molecule has 1 N–H and O–H groups in total. The lowest BCUT2D eigenvalue weighted by molar-refractivity contribution is 0.477. The van der Waals surface area contributed by atoms with E-state index in [1.54, 1.807) is 0 Å². The van der Waals surface area contributed by atoms with Crippen LogP contribution >= 0.6 is 0 Å². The molecule has 0 saturated heterocycles. The van der Waals surface area contributed by atoms with Gasteiger partial charge < -0.3 is 5.11 Å². The zero-order chi connectivity index (χ0) is 14.0. The fourth-order valence-electron chi connectivity index (χ4n) is 3.56. The SMILES string of the molecule is Oc1cc2ccc3cc4ccccc4c4ccc(c1)c2c34. The minimum Gasteiger partial charge on any atom is -0.508 e. The van der Waals surface area contributed by atoms with E-state index in [1.807, 2.05) is 12.1 Å². The summed E-state index contributed by atoms with van der Waals surface area (Å²) in [6, 6.07) is 23.0. The van der Waals surface area contributed by atoms with Crippen LogP contribution in [0.25, 0.3) is 43.1 Å². The van der Waals surface area contributed by atoms with Crippen LogP contribution in [-0.2, 0) is 0 Å². The van der Waals surface area contributed by atoms with Crippen LogP contribution < -0.4 is 0 Å². The highest BCUT2D eigenvalue weighted by Gasteiger charge is 2.11. The van der Waals surface area contributed by atoms with E-state index in [-0.39, 0.29) is 0 Å². The largest absolute Gasteiger partial charge is 0.508 e. The van der Waals surface area contributed by atoms with Crippen LogP contribution in [0.1, 0.15) is 0 Å². The fourth-order valence-corrected chi connectivity index (χ4v) is 3.56. The van der Waals surface area contributed by atoms with Crippen molar-refractivity contribution >= 4 is 43.1 Å². The Hall–Kier alpha value is -2.80. The standard InChI is InChI=1S/C20H12O/c21-16-10-14-6-5-13-9-12-3-1-2-4-17(12)18-8-7-15(11-16)19(14)20(13)18/h1-11,21H. The monoisotopic (exact) mass is 268 g/mol. The highest BCUT2D eigenvalue weighted by Crippen LogP contribution is 2.39. The molecule has 5 aromatic rings. The van der Waals surface area contributed by atoms with E-state index in [1.165, 1.54) is 32.3 Å². The van der Waals surface area contributed by atoms with Gasteiger partial charge in [0.15, 0.2) is 0 Å². The molecule has 0 fully saturated rings. The number of fused-ring (bicyclic) bond motifs is 2. The third-order valence-electron chi connectivity index (χ3n) is 4.43. The van der Waals surface area contributed by atoms with Crippen LogP contribution in [0.2, 0.25) is 0 Å². The second kappa shape index (κ2) is 3.64. The summed E-state index contributed by atoms with van der Waals surface area (Å²) in [4.78, 5) is 0. The molecule has 0 aliphatic heterocycles. The number of rotatable bonds is 0. The first-order valence-corrected chi connectivity index (χ1v) is 7.10. The molecule has 21 heavy (non-hydrogen) atoms. The van der Waals surface area contributed by atoms with Gasteiger partial charge in [-0.3, -0.25) is 0 Å². The zero-order valence-corrected chi connectivity index (χ0v) is 11.3. The fraction of sp³-hybridized carbons (Fsp3) is 0. The third-order valence-corrected chi connectivity index (χ3v) is 4.43. The number of hydrogen-bond donors (Lipinski definition) is 1. The summed E-state index contributed by atoms with van der Waals surface area (Å²) in [7, 11) is 0. The Morgan fingerprint density at radius 1 is 0.524 bits per heavy atom. The third kappa shape index (κ3) is 1.35. The van der Waals surface area contributed by atoms with Crippen LogP contribution in [0.4, 0.5) is 0 Å². The molecule has 5 rings (SSSR count). The molecule has 0 unspecified atom stereocenters. The van der Waals surface area contributed by atoms with E-state index in [4.69, 9.17) is 0 Å². The lowest BCUT2D eigenvalue weighted by Gasteiger charge is -2.13. The van der Waals surface area contributed by atoms with Gasteiger partial charge in [-0.15, -0.1) is 0 Å². The van der Waals surface area contributed by atoms with Crippen molar-refractivity contribution in [2.45, 2.75) is 0 Å². The van der Waals surface area contributed by atoms with Gasteiger partial charge in [0, 0.05) is 0 Å². The summed E-state index contributed by atoms with van der Waals surface area (Å²) in [5, 5.41) is 19.7. The maximum atomic E-state index is 9.87. The van der Waals surface area contributed by atoms with Crippen LogP contribution in [0.5, 0.6) is 5.75 Å². The zero-order valence-electron chi connectivity index (χ0n) is 11.3. The average molecular weight is 268 g/mol. The second-order valence-corrected chi connectivity index (χ2v) is 5.64. The molecule has 1 nitrogen and oxygen atoms in total. The summed E-state index contributed by atoms with van der Waals surface area (Å²) in [5.74, 6) is 0.325. The Morgan fingerprint density at radius 2 is 1.19 bits per heavy atom. The maximum Gasteiger partial charge on any atom is 0.116 e. The summed E-state index contributed by atoms with van der Waals surface area (Å²) in [5.41, 5.74) is 0. The van der Waals surface area contributed by atoms with Gasteiger partial charge in [-0.05, 0) is 61.3 Å². The molecular formula is C20H12O. The van der Waals surface area contributed by atoms with E-state index < -0.39 is 0 Å². The number of phenolic OH excluding ortho intramolecular Hbond substituents is 1. The van der Waals surface area contributed by atoms with Gasteiger partial charge in [0.25, 0.3) is 0 Å². The predicted octanol–water partition coefficient (Wildman–Crippen LogP) is 5.44. The van der Waals surface area contributed by atoms with Crippen molar-refractivity contribution < 1.29 is 5.11 Å². The minimum absolute atomic E-state index is 0.325. The molecule has 1 heteroatoms. The summed E-state index contributed by atoms with van der Waals surface area (Å²) < 4.78 is 0. The quantitative estimate of drug-likeness (QED) is 0.293. The smallest absolute Gasteiger partial charge is 0.116 e. The Bertz CT molecular complexity index is 1120.